The van der Waals surface area contributed by atoms with Gasteiger partial charge in [-0.25, -0.2) is 0 Å². The Labute approximate surface area is 183 Å². The third-order valence-corrected chi connectivity index (χ3v) is 5.91. The molecule has 0 bridgehead atoms. The summed E-state index contributed by atoms with van der Waals surface area (Å²) in [5.74, 6) is 0.771. The van der Waals surface area contributed by atoms with Gasteiger partial charge in [0.2, 0.25) is 17.7 Å². The number of carbonyl (C=O) groups is 3. The molecule has 0 aromatic heterocycles. The van der Waals surface area contributed by atoms with E-state index in [4.69, 9.17) is 9.47 Å². The van der Waals surface area contributed by atoms with E-state index in [-0.39, 0.29) is 30.1 Å². The molecule has 2 aliphatic heterocycles. The summed E-state index contributed by atoms with van der Waals surface area (Å²) < 4.78 is 10.6. The number of amides is 3. The minimum atomic E-state index is -0.365. The van der Waals surface area contributed by atoms with Crippen molar-refractivity contribution >= 4 is 23.4 Å². The van der Waals surface area contributed by atoms with Crippen LogP contribution in [0, 0.1) is 5.92 Å². The van der Waals surface area contributed by atoms with E-state index < -0.39 is 0 Å². The molecule has 9 nitrogen and oxygen atoms in total. The first-order valence-corrected chi connectivity index (χ1v) is 10.6. The molecule has 2 aliphatic rings. The molecule has 2 saturated heterocycles. The first-order chi connectivity index (χ1) is 14.8. The summed E-state index contributed by atoms with van der Waals surface area (Å²) in [6.07, 6.45) is 1.01. The van der Waals surface area contributed by atoms with Gasteiger partial charge in [0.25, 0.3) is 0 Å². The summed E-state index contributed by atoms with van der Waals surface area (Å²) in [7, 11) is 6.61. The van der Waals surface area contributed by atoms with E-state index in [0.717, 1.165) is 13.0 Å². The number of ether oxygens (including phenoxy) is 2. The summed E-state index contributed by atoms with van der Waals surface area (Å²) in [5.41, 5.74) is 0.696. The summed E-state index contributed by atoms with van der Waals surface area (Å²) >= 11 is 0. The Morgan fingerprint density at radius 1 is 1.06 bits per heavy atom. The van der Waals surface area contributed by atoms with Gasteiger partial charge in [0.1, 0.15) is 0 Å². The Kier molecular flexibility index (Phi) is 7.37. The van der Waals surface area contributed by atoms with Gasteiger partial charge in [0.05, 0.1) is 26.7 Å². The zero-order valence-electron chi connectivity index (χ0n) is 18.8. The Morgan fingerprint density at radius 3 is 2.48 bits per heavy atom. The average molecular weight is 433 g/mol. The van der Waals surface area contributed by atoms with Crippen LogP contribution in [-0.4, -0.2) is 100 Å². The van der Waals surface area contributed by atoms with Crippen LogP contribution in [-0.2, 0) is 14.4 Å². The smallest absolute Gasteiger partial charge is 0.236 e. The molecule has 1 atom stereocenters. The van der Waals surface area contributed by atoms with E-state index in [1.807, 2.05) is 4.90 Å². The van der Waals surface area contributed by atoms with Crippen LogP contribution in [0.3, 0.4) is 0 Å². The molecular formula is C22H32N4O5. The predicted octanol–water partition coefficient (Wildman–Crippen LogP) is 0.679. The molecule has 3 rings (SSSR count). The van der Waals surface area contributed by atoms with Crippen LogP contribution in [0.25, 0.3) is 0 Å². The maximum Gasteiger partial charge on any atom is 0.236 e. The zero-order chi connectivity index (χ0) is 22.5. The number of benzene rings is 1. The van der Waals surface area contributed by atoms with E-state index in [1.54, 1.807) is 56.3 Å². The molecule has 0 saturated carbocycles. The SMILES string of the molecule is COc1ccc(N2CC(C(=O)N3CCCN(CC(=O)N(C)C)CC3)CC2=O)cc1OC. The second kappa shape index (κ2) is 10.00. The molecule has 0 spiro atoms. The molecule has 0 aliphatic carbocycles. The number of hydrogen-bond donors (Lipinski definition) is 0. The predicted molar refractivity (Wildman–Crippen MR) is 116 cm³/mol. The van der Waals surface area contributed by atoms with Gasteiger partial charge in [0.15, 0.2) is 11.5 Å². The second-order valence-corrected chi connectivity index (χ2v) is 8.19. The summed E-state index contributed by atoms with van der Waals surface area (Å²) in [4.78, 5) is 45.0. The molecule has 3 amide bonds. The van der Waals surface area contributed by atoms with E-state index in [0.29, 0.717) is 49.9 Å². The maximum atomic E-state index is 13.1. The zero-order valence-corrected chi connectivity index (χ0v) is 18.8. The average Bonchev–Trinajstić information content (AvgIpc) is 3.00. The number of carbonyl (C=O) groups excluding carboxylic acids is 3. The fourth-order valence-electron chi connectivity index (χ4n) is 4.06. The lowest BCUT2D eigenvalue weighted by atomic mass is 10.1. The van der Waals surface area contributed by atoms with Gasteiger partial charge in [-0.15, -0.1) is 0 Å². The highest BCUT2D eigenvalue weighted by Gasteiger charge is 2.38. The van der Waals surface area contributed by atoms with Crippen molar-refractivity contribution in [2.24, 2.45) is 5.92 Å². The Morgan fingerprint density at radius 2 is 1.81 bits per heavy atom. The highest BCUT2D eigenvalue weighted by atomic mass is 16.5. The molecule has 2 fully saturated rings. The van der Waals surface area contributed by atoms with Gasteiger partial charge >= 0.3 is 0 Å². The molecule has 1 aromatic rings. The van der Waals surface area contributed by atoms with Gasteiger partial charge in [-0.2, -0.15) is 0 Å². The van der Waals surface area contributed by atoms with Crippen molar-refractivity contribution in [2.45, 2.75) is 12.8 Å². The van der Waals surface area contributed by atoms with E-state index in [1.165, 1.54) is 0 Å². The van der Waals surface area contributed by atoms with Crippen LogP contribution in [0.5, 0.6) is 11.5 Å². The summed E-state index contributed by atoms with van der Waals surface area (Å²) in [6.45, 7) is 3.37. The minimum absolute atomic E-state index is 0.0112. The summed E-state index contributed by atoms with van der Waals surface area (Å²) in [5, 5.41) is 0. The Balaban J connectivity index is 1.62. The van der Waals surface area contributed by atoms with Crippen molar-refractivity contribution < 1.29 is 23.9 Å². The van der Waals surface area contributed by atoms with E-state index in [2.05, 4.69) is 4.90 Å². The molecule has 1 aromatic carbocycles. The third kappa shape index (κ3) is 5.28. The van der Waals surface area contributed by atoms with Crippen molar-refractivity contribution in [2.75, 3.05) is 72.5 Å². The molecule has 170 valence electrons. The lowest BCUT2D eigenvalue weighted by molar-refractivity contribution is -0.135. The first-order valence-electron chi connectivity index (χ1n) is 10.6. The van der Waals surface area contributed by atoms with Gasteiger partial charge in [-0.1, -0.05) is 0 Å². The topological polar surface area (TPSA) is 82.6 Å². The molecule has 2 heterocycles. The van der Waals surface area contributed by atoms with Crippen LogP contribution in [0.15, 0.2) is 18.2 Å². The molecule has 31 heavy (non-hydrogen) atoms. The minimum Gasteiger partial charge on any atom is -0.493 e. The number of anilines is 1. The molecular weight excluding hydrogens is 400 g/mol. The lowest BCUT2D eigenvalue weighted by Crippen LogP contribution is -2.41. The van der Waals surface area contributed by atoms with Crippen LogP contribution >= 0.6 is 0 Å². The van der Waals surface area contributed by atoms with E-state index >= 15 is 0 Å². The quantitative estimate of drug-likeness (QED) is 0.658. The number of rotatable bonds is 6. The fraction of sp³-hybridized carbons (Fsp3) is 0.591. The van der Waals surface area contributed by atoms with Crippen molar-refractivity contribution in [1.29, 1.82) is 0 Å². The fourth-order valence-corrected chi connectivity index (χ4v) is 4.06. The number of hydrogen-bond acceptors (Lipinski definition) is 6. The molecule has 0 radical (unpaired) electrons. The van der Waals surface area contributed by atoms with Crippen LogP contribution < -0.4 is 14.4 Å². The number of likely N-dealkylation sites (N-methyl/N-ethyl adjacent to an activating group) is 1. The van der Waals surface area contributed by atoms with Crippen molar-refractivity contribution in [3.63, 3.8) is 0 Å². The van der Waals surface area contributed by atoms with Gasteiger partial charge in [0, 0.05) is 65.0 Å². The van der Waals surface area contributed by atoms with Crippen LogP contribution in [0.2, 0.25) is 0 Å². The van der Waals surface area contributed by atoms with Gasteiger partial charge < -0.3 is 24.2 Å². The van der Waals surface area contributed by atoms with Gasteiger partial charge in [-0.05, 0) is 18.6 Å². The highest BCUT2D eigenvalue weighted by Crippen LogP contribution is 2.34. The van der Waals surface area contributed by atoms with Crippen molar-refractivity contribution in [3.05, 3.63) is 18.2 Å². The highest BCUT2D eigenvalue weighted by molar-refractivity contribution is 6.00. The summed E-state index contributed by atoms with van der Waals surface area (Å²) in [6, 6.07) is 5.32. The largest absolute Gasteiger partial charge is 0.493 e. The monoisotopic (exact) mass is 432 g/mol. The maximum absolute atomic E-state index is 13.1. The van der Waals surface area contributed by atoms with Crippen molar-refractivity contribution in [1.82, 2.24) is 14.7 Å². The first kappa shape index (κ1) is 22.9. The standard InChI is InChI=1S/C22H32N4O5/c1-23(2)21(28)15-24-8-5-9-25(11-10-24)22(29)16-12-20(27)26(14-16)17-6-7-18(30-3)19(13-17)31-4/h6-7,13,16H,5,8-12,14-15H2,1-4H3. The normalized spacial score (nSPS) is 19.9. The molecule has 1 unspecified atom stereocenters. The van der Waals surface area contributed by atoms with Crippen molar-refractivity contribution in [3.8, 4) is 11.5 Å². The molecule has 0 N–H and O–H groups in total. The van der Waals surface area contributed by atoms with Gasteiger partial charge in [-0.3, -0.25) is 19.3 Å². The van der Waals surface area contributed by atoms with Crippen LogP contribution in [0.4, 0.5) is 5.69 Å². The Bertz CT molecular complexity index is 828. The second-order valence-electron chi connectivity index (χ2n) is 8.19. The molecule has 9 heteroatoms. The number of methoxy groups -OCH3 is 2. The number of nitrogens with zero attached hydrogens (tertiary/aromatic N) is 4. The lowest BCUT2D eigenvalue weighted by Gasteiger charge is -2.25. The van der Waals surface area contributed by atoms with E-state index in [9.17, 15) is 14.4 Å². The third-order valence-electron chi connectivity index (χ3n) is 5.91. The van der Waals surface area contributed by atoms with Crippen LogP contribution in [0.1, 0.15) is 12.8 Å². The Hall–Kier alpha value is -2.81.